The molecule has 0 aliphatic heterocycles. The van der Waals surface area contributed by atoms with Gasteiger partial charge in [-0.05, 0) is 24.6 Å². The van der Waals surface area contributed by atoms with E-state index in [1.54, 1.807) is 13.0 Å². The quantitative estimate of drug-likeness (QED) is 0.771. The molecule has 0 saturated heterocycles. The minimum atomic E-state index is -3.85. The highest BCUT2D eigenvalue weighted by Gasteiger charge is 2.22. The first kappa shape index (κ1) is 15.9. The Balaban J connectivity index is 2.88. The summed E-state index contributed by atoms with van der Waals surface area (Å²) in [5.41, 5.74) is 0.393. The number of sulfonamides is 1. The minimum Gasteiger partial charge on any atom is -0.467 e. The largest absolute Gasteiger partial charge is 0.467 e. The van der Waals surface area contributed by atoms with Gasteiger partial charge in [0.2, 0.25) is 10.0 Å². The third kappa shape index (κ3) is 3.90. The van der Waals surface area contributed by atoms with E-state index in [0.717, 1.165) is 7.11 Å². The molecule has 1 aromatic rings. The van der Waals surface area contributed by atoms with Crippen LogP contribution in [0, 0.1) is 6.92 Å². The van der Waals surface area contributed by atoms with Crippen molar-refractivity contribution in [2.45, 2.75) is 17.9 Å². The van der Waals surface area contributed by atoms with E-state index in [1.807, 2.05) is 0 Å². The standard InChI is InChI=1S/C11H14ClNO5S/c1-7-8(12)4-3-5-10(7)19(16,17)13-6-9(14)11(15)18-2/h3-5,9,13-14H,6H2,1-2H3. The Morgan fingerprint density at radius 2 is 2.16 bits per heavy atom. The van der Waals surface area contributed by atoms with Gasteiger partial charge in [-0.25, -0.2) is 17.9 Å². The first-order valence-corrected chi connectivity index (χ1v) is 7.16. The highest BCUT2D eigenvalue weighted by Crippen LogP contribution is 2.22. The maximum absolute atomic E-state index is 12.0. The summed E-state index contributed by atoms with van der Waals surface area (Å²) in [6.07, 6.45) is -1.56. The summed E-state index contributed by atoms with van der Waals surface area (Å²) < 4.78 is 30.4. The molecule has 106 valence electrons. The molecular weight excluding hydrogens is 294 g/mol. The highest BCUT2D eigenvalue weighted by atomic mass is 35.5. The molecule has 2 N–H and O–H groups in total. The predicted molar refractivity (Wildman–Crippen MR) is 69.4 cm³/mol. The van der Waals surface area contributed by atoms with Crippen LogP contribution in [0.2, 0.25) is 5.02 Å². The number of carbonyl (C=O) groups excluding carboxylic acids is 1. The molecule has 0 amide bonds. The van der Waals surface area contributed by atoms with Crippen molar-refractivity contribution in [3.63, 3.8) is 0 Å². The lowest BCUT2D eigenvalue weighted by molar-refractivity contribution is -0.149. The van der Waals surface area contributed by atoms with Gasteiger partial charge in [0.15, 0.2) is 6.10 Å². The Hall–Kier alpha value is -1.15. The van der Waals surface area contributed by atoms with Crippen molar-refractivity contribution in [3.05, 3.63) is 28.8 Å². The number of aliphatic hydroxyl groups is 1. The lowest BCUT2D eigenvalue weighted by atomic mass is 10.2. The predicted octanol–water partition coefficient (Wildman–Crippen LogP) is 0.461. The average molecular weight is 308 g/mol. The Labute approximate surface area is 116 Å². The number of benzene rings is 1. The van der Waals surface area contributed by atoms with Crippen LogP contribution in [-0.2, 0) is 19.6 Å². The van der Waals surface area contributed by atoms with Crippen molar-refractivity contribution in [1.29, 1.82) is 0 Å². The molecule has 1 unspecified atom stereocenters. The molecular formula is C11H14ClNO5S. The van der Waals surface area contributed by atoms with Gasteiger partial charge >= 0.3 is 5.97 Å². The Bertz CT molecular complexity index is 572. The molecule has 0 spiro atoms. The van der Waals surface area contributed by atoms with Crippen LogP contribution in [-0.4, -0.2) is 39.3 Å². The smallest absolute Gasteiger partial charge is 0.336 e. The van der Waals surface area contributed by atoms with E-state index in [4.69, 9.17) is 11.6 Å². The maximum Gasteiger partial charge on any atom is 0.336 e. The van der Waals surface area contributed by atoms with Gasteiger partial charge < -0.3 is 9.84 Å². The molecule has 0 saturated carbocycles. The molecule has 0 fully saturated rings. The maximum atomic E-state index is 12.0. The Kier molecular flexibility index (Phi) is 5.30. The number of nitrogens with one attached hydrogen (secondary N) is 1. The molecule has 19 heavy (non-hydrogen) atoms. The van der Waals surface area contributed by atoms with Crippen LogP contribution < -0.4 is 4.72 Å². The van der Waals surface area contributed by atoms with Crippen LogP contribution >= 0.6 is 11.6 Å². The lowest BCUT2D eigenvalue weighted by Crippen LogP contribution is -2.37. The van der Waals surface area contributed by atoms with Gasteiger partial charge in [-0.2, -0.15) is 0 Å². The molecule has 0 aliphatic rings. The summed E-state index contributed by atoms with van der Waals surface area (Å²) in [5, 5.41) is 9.64. The van der Waals surface area contributed by atoms with Crippen LogP contribution in [0.1, 0.15) is 5.56 Å². The summed E-state index contributed by atoms with van der Waals surface area (Å²) in [7, 11) is -2.75. The van der Waals surface area contributed by atoms with E-state index in [1.165, 1.54) is 12.1 Å². The average Bonchev–Trinajstić information content (AvgIpc) is 2.38. The van der Waals surface area contributed by atoms with Gasteiger partial charge in [-0.1, -0.05) is 17.7 Å². The molecule has 0 heterocycles. The van der Waals surface area contributed by atoms with Crippen molar-refractivity contribution in [1.82, 2.24) is 4.72 Å². The minimum absolute atomic E-state index is 0.00272. The fourth-order valence-electron chi connectivity index (χ4n) is 1.36. The molecule has 6 nitrogen and oxygen atoms in total. The van der Waals surface area contributed by atoms with E-state index in [2.05, 4.69) is 9.46 Å². The topological polar surface area (TPSA) is 92.7 Å². The zero-order chi connectivity index (χ0) is 14.6. The van der Waals surface area contributed by atoms with Crippen molar-refractivity contribution in [2.24, 2.45) is 0 Å². The zero-order valence-corrected chi connectivity index (χ0v) is 12.0. The van der Waals surface area contributed by atoms with Gasteiger partial charge in [-0.15, -0.1) is 0 Å². The zero-order valence-electron chi connectivity index (χ0n) is 10.4. The number of rotatable bonds is 5. The number of halogens is 1. The van der Waals surface area contributed by atoms with Crippen molar-refractivity contribution in [2.75, 3.05) is 13.7 Å². The molecule has 8 heteroatoms. The first-order chi connectivity index (χ1) is 8.79. The Morgan fingerprint density at radius 3 is 2.74 bits per heavy atom. The fourth-order valence-corrected chi connectivity index (χ4v) is 2.90. The van der Waals surface area contributed by atoms with E-state index in [9.17, 15) is 18.3 Å². The number of aliphatic hydroxyl groups excluding tert-OH is 1. The molecule has 0 bridgehead atoms. The molecule has 1 atom stereocenters. The number of carbonyl (C=O) groups is 1. The third-order valence-electron chi connectivity index (χ3n) is 2.45. The van der Waals surface area contributed by atoms with Crippen LogP contribution in [0.3, 0.4) is 0 Å². The molecule has 0 aromatic heterocycles. The third-order valence-corrected chi connectivity index (χ3v) is 4.42. The molecule has 1 rings (SSSR count). The number of hydrogen-bond donors (Lipinski definition) is 2. The second kappa shape index (κ2) is 6.33. The van der Waals surface area contributed by atoms with Crippen molar-refractivity contribution in [3.8, 4) is 0 Å². The summed E-state index contributed by atoms with van der Waals surface area (Å²) >= 11 is 5.84. The number of esters is 1. The molecule has 0 aliphatic carbocycles. The SMILES string of the molecule is COC(=O)C(O)CNS(=O)(=O)c1cccc(Cl)c1C. The van der Waals surface area contributed by atoms with Crippen LogP contribution in [0.15, 0.2) is 23.1 Å². The monoisotopic (exact) mass is 307 g/mol. The van der Waals surface area contributed by atoms with Crippen molar-refractivity contribution < 1.29 is 23.1 Å². The number of methoxy groups -OCH3 is 1. The normalized spacial score (nSPS) is 13.1. The van der Waals surface area contributed by atoms with Gasteiger partial charge in [-0.3, -0.25) is 0 Å². The van der Waals surface area contributed by atoms with Gasteiger partial charge in [0, 0.05) is 11.6 Å². The van der Waals surface area contributed by atoms with Gasteiger partial charge in [0.1, 0.15) is 0 Å². The summed E-state index contributed by atoms with van der Waals surface area (Å²) in [4.78, 5) is 11.0. The number of ether oxygens (including phenoxy) is 1. The van der Waals surface area contributed by atoms with Gasteiger partial charge in [0.25, 0.3) is 0 Å². The summed E-state index contributed by atoms with van der Waals surface area (Å²) in [6.45, 7) is 1.09. The van der Waals surface area contributed by atoms with Crippen LogP contribution in [0.4, 0.5) is 0 Å². The van der Waals surface area contributed by atoms with Crippen LogP contribution in [0.5, 0.6) is 0 Å². The molecule has 0 radical (unpaired) electrons. The molecule has 1 aromatic carbocycles. The van der Waals surface area contributed by atoms with Crippen LogP contribution in [0.25, 0.3) is 0 Å². The van der Waals surface area contributed by atoms with E-state index >= 15 is 0 Å². The van der Waals surface area contributed by atoms with E-state index in [0.29, 0.717) is 10.6 Å². The van der Waals surface area contributed by atoms with Gasteiger partial charge in [0.05, 0.1) is 12.0 Å². The number of hydrogen-bond acceptors (Lipinski definition) is 5. The fraction of sp³-hybridized carbons (Fsp3) is 0.364. The Morgan fingerprint density at radius 1 is 1.53 bits per heavy atom. The summed E-state index contributed by atoms with van der Waals surface area (Å²) in [6, 6.07) is 4.45. The lowest BCUT2D eigenvalue weighted by Gasteiger charge is -2.12. The summed E-state index contributed by atoms with van der Waals surface area (Å²) in [5.74, 6) is -0.912. The first-order valence-electron chi connectivity index (χ1n) is 5.30. The second-order valence-electron chi connectivity index (χ2n) is 3.75. The van der Waals surface area contributed by atoms with E-state index in [-0.39, 0.29) is 4.90 Å². The van der Waals surface area contributed by atoms with Crippen molar-refractivity contribution >= 4 is 27.6 Å². The second-order valence-corrected chi connectivity index (χ2v) is 5.90. The van der Waals surface area contributed by atoms with E-state index < -0.39 is 28.6 Å². The highest BCUT2D eigenvalue weighted by molar-refractivity contribution is 7.89.